The molecule has 6 N–H and O–H groups in total. The SMILES string of the molecule is O=c1ccoc2cc(O)c([C@@H]3O[C@@H](CO)[C@@H](O)[C@H](O)[C@@H]3O)c(O)c12. The second-order valence-corrected chi connectivity index (χ2v) is 5.57. The number of aliphatic hydroxyl groups is 4. The fourth-order valence-corrected chi connectivity index (χ4v) is 2.85. The van der Waals surface area contributed by atoms with E-state index in [4.69, 9.17) is 9.15 Å². The van der Waals surface area contributed by atoms with Crippen LogP contribution in [-0.4, -0.2) is 61.7 Å². The van der Waals surface area contributed by atoms with Crippen LogP contribution < -0.4 is 5.43 Å². The molecule has 1 aliphatic rings. The minimum absolute atomic E-state index is 0.0779. The Morgan fingerprint density at radius 3 is 2.46 bits per heavy atom. The van der Waals surface area contributed by atoms with E-state index in [1.165, 1.54) is 0 Å². The molecule has 0 unspecified atom stereocenters. The summed E-state index contributed by atoms with van der Waals surface area (Å²) >= 11 is 0. The van der Waals surface area contributed by atoms with Gasteiger partial charge in [-0.15, -0.1) is 0 Å². The molecule has 1 aliphatic heterocycles. The fraction of sp³-hybridized carbons (Fsp3) is 0.400. The van der Waals surface area contributed by atoms with Crippen LogP contribution >= 0.6 is 0 Å². The first-order chi connectivity index (χ1) is 11.4. The van der Waals surface area contributed by atoms with Crippen LogP contribution in [0, 0.1) is 0 Å². The van der Waals surface area contributed by atoms with Crippen molar-refractivity contribution in [2.45, 2.75) is 30.5 Å². The standard InChI is InChI=1S/C15H16O9/c16-4-8-11(19)13(21)14(22)15(24-8)10-6(18)3-7-9(12(10)20)5(17)1-2-23-7/h1-3,8,11,13-16,18-22H,4H2/t8-,11+,13-,14-,15-/m0/s1. The van der Waals surface area contributed by atoms with Crippen LogP contribution in [0.4, 0.5) is 0 Å². The van der Waals surface area contributed by atoms with Gasteiger partial charge in [0.25, 0.3) is 0 Å². The van der Waals surface area contributed by atoms with Gasteiger partial charge in [-0.05, 0) is 0 Å². The van der Waals surface area contributed by atoms with Gasteiger partial charge >= 0.3 is 0 Å². The minimum atomic E-state index is -1.71. The summed E-state index contributed by atoms with van der Waals surface area (Å²) in [5, 5.41) is 59.3. The lowest BCUT2D eigenvalue weighted by Crippen LogP contribution is -2.55. The molecule has 3 rings (SSSR count). The highest BCUT2D eigenvalue weighted by Gasteiger charge is 2.46. The molecular weight excluding hydrogens is 324 g/mol. The maximum Gasteiger partial charge on any atom is 0.196 e. The molecule has 1 fully saturated rings. The van der Waals surface area contributed by atoms with Gasteiger partial charge < -0.3 is 39.8 Å². The lowest BCUT2D eigenvalue weighted by Gasteiger charge is -2.40. The van der Waals surface area contributed by atoms with E-state index < -0.39 is 54.1 Å². The monoisotopic (exact) mass is 340 g/mol. The normalized spacial score (nSPS) is 30.6. The Balaban J connectivity index is 2.18. The lowest BCUT2D eigenvalue weighted by atomic mass is 9.89. The Hall–Kier alpha value is -2.17. The molecule has 24 heavy (non-hydrogen) atoms. The lowest BCUT2D eigenvalue weighted by molar-refractivity contribution is -0.232. The predicted octanol–water partition coefficient (Wildman–Crippen LogP) is -1.28. The summed E-state index contributed by atoms with van der Waals surface area (Å²) in [6.07, 6.45) is -6.61. The summed E-state index contributed by atoms with van der Waals surface area (Å²) < 4.78 is 10.4. The number of hydrogen-bond donors (Lipinski definition) is 6. The van der Waals surface area contributed by atoms with Crippen molar-refractivity contribution in [2.24, 2.45) is 0 Å². The van der Waals surface area contributed by atoms with Crippen LogP contribution in [0.2, 0.25) is 0 Å². The predicted molar refractivity (Wildman–Crippen MR) is 78.5 cm³/mol. The molecule has 9 nitrogen and oxygen atoms in total. The van der Waals surface area contributed by atoms with Crippen molar-refractivity contribution in [3.63, 3.8) is 0 Å². The van der Waals surface area contributed by atoms with Gasteiger partial charge in [0.05, 0.1) is 18.4 Å². The number of ether oxygens (including phenoxy) is 1. The number of phenols is 2. The number of rotatable bonds is 2. The largest absolute Gasteiger partial charge is 0.507 e. The first-order valence-electron chi connectivity index (χ1n) is 7.13. The van der Waals surface area contributed by atoms with Crippen molar-refractivity contribution in [2.75, 3.05) is 6.61 Å². The average molecular weight is 340 g/mol. The van der Waals surface area contributed by atoms with Crippen LogP contribution in [0.5, 0.6) is 11.5 Å². The molecule has 1 aromatic heterocycles. The van der Waals surface area contributed by atoms with E-state index in [-0.39, 0.29) is 16.5 Å². The average Bonchev–Trinajstić information content (AvgIpc) is 2.54. The number of aliphatic hydroxyl groups excluding tert-OH is 4. The third-order valence-corrected chi connectivity index (χ3v) is 4.12. The molecule has 2 aromatic rings. The minimum Gasteiger partial charge on any atom is -0.507 e. The highest BCUT2D eigenvalue weighted by Crippen LogP contribution is 2.43. The van der Waals surface area contributed by atoms with E-state index in [1.54, 1.807) is 0 Å². The topological polar surface area (TPSA) is 161 Å². The van der Waals surface area contributed by atoms with Crippen LogP contribution in [0.25, 0.3) is 11.0 Å². The fourth-order valence-electron chi connectivity index (χ4n) is 2.85. The first kappa shape index (κ1) is 16.7. The van der Waals surface area contributed by atoms with E-state index >= 15 is 0 Å². The van der Waals surface area contributed by atoms with Gasteiger partial charge in [0, 0.05) is 12.1 Å². The van der Waals surface area contributed by atoms with Crippen LogP contribution in [0.3, 0.4) is 0 Å². The first-order valence-corrected chi connectivity index (χ1v) is 7.13. The highest BCUT2D eigenvalue weighted by atomic mass is 16.5. The molecule has 130 valence electrons. The maximum atomic E-state index is 11.9. The summed E-state index contributed by atoms with van der Waals surface area (Å²) in [6.45, 7) is -0.668. The number of hydrogen-bond acceptors (Lipinski definition) is 9. The Morgan fingerprint density at radius 2 is 1.79 bits per heavy atom. The number of fused-ring (bicyclic) bond motifs is 1. The Kier molecular flexibility index (Phi) is 4.20. The Bertz CT molecular complexity index is 812. The zero-order chi connectivity index (χ0) is 17.6. The molecule has 0 bridgehead atoms. The molecule has 0 aliphatic carbocycles. The van der Waals surface area contributed by atoms with Gasteiger partial charge in [0.15, 0.2) is 5.43 Å². The van der Waals surface area contributed by atoms with E-state index in [9.17, 15) is 35.4 Å². The van der Waals surface area contributed by atoms with Crippen molar-refractivity contribution in [3.05, 3.63) is 34.2 Å². The third-order valence-electron chi connectivity index (χ3n) is 4.12. The summed E-state index contributed by atoms with van der Waals surface area (Å²) in [7, 11) is 0. The maximum absolute atomic E-state index is 11.9. The van der Waals surface area contributed by atoms with Crippen LogP contribution in [0.1, 0.15) is 11.7 Å². The second kappa shape index (κ2) is 6.04. The Labute approximate surface area is 134 Å². The number of benzene rings is 1. The summed E-state index contributed by atoms with van der Waals surface area (Å²) in [6, 6.07) is 2.13. The molecule has 1 saturated heterocycles. The molecule has 9 heteroatoms. The van der Waals surface area contributed by atoms with E-state index in [0.717, 1.165) is 18.4 Å². The van der Waals surface area contributed by atoms with Gasteiger partial charge in [-0.3, -0.25) is 4.79 Å². The van der Waals surface area contributed by atoms with E-state index in [2.05, 4.69) is 0 Å². The van der Waals surface area contributed by atoms with Crippen molar-refractivity contribution in [1.82, 2.24) is 0 Å². The zero-order valence-electron chi connectivity index (χ0n) is 12.2. The van der Waals surface area contributed by atoms with Gasteiger partial charge in [0.1, 0.15) is 53.0 Å². The van der Waals surface area contributed by atoms with Gasteiger partial charge in [-0.25, -0.2) is 0 Å². The Morgan fingerprint density at radius 1 is 1.08 bits per heavy atom. The summed E-state index contributed by atoms with van der Waals surface area (Å²) in [5.74, 6) is -1.22. The second-order valence-electron chi connectivity index (χ2n) is 5.57. The molecule has 1 aromatic carbocycles. The third kappa shape index (κ3) is 2.43. The van der Waals surface area contributed by atoms with Gasteiger partial charge in [-0.2, -0.15) is 0 Å². The van der Waals surface area contributed by atoms with Crippen LogP contribution in [0.15, 0.2) is 27.6 Å². The molecule has 5 atom stereocenters. The molecular formula is C15H16O9. The summed E-state index contributed by atoms with van der Waals surface area (Å²) in [4.78, 5) is 11.9. The molecule has 2 heterocycles. The zero-order valence-corrected chi connectivity index (χ0v) is 12.2. The van der Waals surface area contributed by atoms with Gasteiger partial charge in [0.2, 0.25) is 0 Å². The molecule has 0 saturated carbocycles. The van der Waals surface area contributed by atoms with Crippen LogP contribution in [-0.2, 0) is 4.74 Å². The van der Waals surface area contributed by atoms with Crippen molar-refractivity contribution in [1.29, 1.82) is 0 Å². The number of aromatic hydroxyl groups is 2. The highest BCUT2D eigenvalue weighted by molar-refractivity contribution is 5.86. The smallest absolute Gasteiger partial charge is 0.196 e. The van der Waals surface area contributed by atoms with Gasteiger partial charge in [-0.1, -0.05) is 0 Å². The van der Waals surface area contributed by atoms with E-state index in [0.29, 0.717) is 0 Å². The van der Waals surface area contributed by atoms with Crippen molar-refractivity contribution >= 4 is 11.0 Å². The molecule has 0 radical (unpaired) electrons. The number of phenolic OH excluding ortho intramolecular Hbond substituents is 2. The quantitative estimate of drug-likeness (QED) is 0.391. The molecule has 0 amide bonds. The van der Waals surface area contributed by atoms with E-state index in [1.807, 2.05) is 0 Å². The molecule has 0 spiro atoms. The van der Waals surface area contributed by atoms with Crippen molar-refractivity contribution < 1.29 is 39.8 Å². The van der Waals surface area contributed by atoms with Crippen molar-refractivity contribution in [3.8, 4) is 11.5 Å². The summed E-state index contributed by atoms with van der Waals surface area (Å²) in [5.41, 5.74) is -1.01.